The zero-order chi connectivity index (χ0) is 16.6. The normalized spacial score (nSPS) is 21.4. The van der Waals surface area contributed by atoms with Crippen molar-refractivity contribution in [2.75, 3.05) is 40.9 Å². The Morgan fingerprint density at radius 1 is 1.04 bits per heavy atom. The summed E-state index contributed by atoms with van der Waals surface area (Å²) < 4.78 is 4.85. The SMILES string of the molecule is c1csc([C@H]2CCCN2c2nc3nonc3nc2N2CCSCC2)n1. The van der Waals surface area contributed by atoms with E-state index in [-0.39, 0.29) is 6.04 Å². The minimum Gasteiger partial charge on any atom is -0.352 e. The van der Waals surface area contributed by atoms with Crippen molar-refractivity contribution in [2.45, 2.75) is 18.9 Å². The first-order valence-electron chi connectivity index (χ1n) is 8.39. The molecular formula is C15H17N7OS2. The molecule has 2 aliphatic heterocycles. The van der Waals surface area contributed by atoms with Gasteiger partial charge in [-0.25, -0.2) is 19.6 Å². The average molecular weight is 375 g/mol. The maximum atomic E-state index is 4.85. The van der Waals surface area contributed by atoms with Crippen molar-refractivity contribution < 1.29 is 4.63 Å². The van der Waals surface area contributed by atoms with Gasteiger partial charge in [0.05, 0.1) is 6.04 Å². The van der Waals surface area contributed by atoms with Gasteiger partial charge in [0.1, 0.15) is 5.01 Å². The first-order chi connectivity index (χ1) is 12.4. The van der Waals surface area contributed by atoms with Gasteiger partial charge in [0.25, 0.3) is 0 Å². The highest BCUT2D eigenvalue weighted by atomic mass is 32.2. The predicted molar refractivity (Wildman–Crippen MR) is 98.4 cm³/mol. The Balaban J connectivity index is 1.60. The molecule has 8 nitrogen and oxygen atoms in total. The number of thiazole rings is 1. The van der Waals surface area contributed by atoms with E-state index in [1.807, 2.05) is 23.3 Å². The Morgan fingerprint density at radius 3 is 2.60 bits per heavy atom. The fourth-order valence-electron chi connectivity index (χ4n) is 3.48. The third-order valence-electron chi connectivity index (χ3n) is 4.65. The van der Waals surface area contributed by atoms with Crippen LogP contribution in [-0.2, 0) is 0 Å². The van der Waals surface area contributed by atoms with E-state index >= 15 is 0 Å². The fourth-order valence-corrected chi connectivity index (χ4v) is 5.16. The van der Waals surface area contributed by atoms with E-state index in [4.69, 9.17) is 14.6 Å². The van der Waals surface area contributed by atoms with Crippen molar-refractivity contribution in [1.82, 2.24) is 25.3 Å². The average Bonchev–Trinajstić information content (AvgIpc) is 3.41. The van der Waals surface area contributed by atoms with E-state index in [0.717, 1.165) is 60.6 Å². The molecule has 0 radical (unpaired) electrons. The van der Waals surface area contributed by atoms with E-state index in [9.17, 15) is 0 Å². The van der Waals surface area contributed by atoms with Gasteiger partial charge < -0.3 is 9.80 Å². The smallest absolute Gasteiger partial charge is 0.245 e. The van der Waals surface area contributed by atoms with Crippen molar-refractivity contribution in [3.05, 3.63) is 16.6 Å². The lowest BCUT2D eigenvalue weighted by Crippen LogP contribution is -2.35. The lowest BCUT2D eigenvalue weighted by Gasteiger charge is -2.32. The first-order valence-corrected chi connectivity index (χ1v) is 10.4. The second-order valence-electron chi connectivity index (χ2n) is 6.10. The van der Waals surface area contributed by atoms with Crippen LogP contribution in [0.5, 0.6) is 0 Å². The highest BCUT2D eigenvalue weighted by Gasteiger charge is 2.33. The van der Waals surface area contributed by atoms with Crippen LogP contribution in [0.3, 0.4) is 0 Å². The molecule has 2 fully saturated rings. The number of hydrogen-bond acceptors (Lipinski definition) is 10. The summed E-state index contributed by atoms with van der Waals surface area (Å²) >= 11 is 3.68. The highest BCUT2D eigenvalue weighted by Crippen LogP contribution is 2.40. The Hall–Kier alpha value is -1.94. The molecule has 5 rings (SSSR count). The van der Waals surface area contributed by atoms with Crippen molar-refractivity contribution in [3.63, 3.8) is 0 Å². The molecule has 5 heterocycles. The van der Waals surface area contributed by atoms with Crippen LogP contribution in [0.4, 0.5) is 11.6 Å². The summed E-state index contributed by atoms with van der Waals surface area (Å²) in [6.07, 6.45) is 4.08. The summed E-state index contributed by atoms with van der Waals surface area (Å²) in [4.78, 5) is 18.7. The quantitative estimate of drug-likeness (QED) is 0.685. The zero-order valence-electron chi connectivity index (χ0n) is 13.5. The Labute approximate surface area is 152 Å². The lowest BCUT2D eigenvalue weighted by atomic mass is 10.2. The third kappa shape index (κ3) is 2.73. The van der Waals surface area contributed by atoms with E-state index in [1.165, 1.54) is 0 Å². The van der Waals surface area contributed by atoms with Crippen LogP contribution in [0.15, 0.2) is 16.2 Å². The summed E-state index contributed by atoms with van der Waals surface area (Å²) in [6, 6.07) is 0.254. The number of hydrogen-bond donors (Lipinski definition) is 0. The molecule has 10 heteroatoms. The van der Waals surface area contributed by atoms with Crippen LogP contribution >= 0.6 is 23.1 Å². The molecule has 0 saturated carbocycles. The van der Waals surface area contributed by atoms with Gasteiger partial charge in [-0.2, -0.15) is 11.8 Å². The molecule has 0 aromatic carbocycles. The topological polar surface area (TPSA) is 84.1 Å². The van der Waals surface area contributed by atoms with Crippen LogP contribution in [0.1, 0.15) is 23.9 Å². The third-order valence-corrected chi connectivity index (χ3v) is 6.47. The minimum atomic E-state index is 0.254. The number of nitrogens with zero attached hydrogens (tertiary/aromatic N) is 7. The molecule has 0 aliphatic carbocycles. The van der Waals surface area contributed by atoms with Gasteiger partial charge in [0.15, 0.2) is 11.6 Å². The standard InChI is InChI=1S/C15H17N7OS2/c1-2-10(15-16-3-7-25-15)22(4-1)14-13(21-5-8-24-9-6-21)17-11-12(18-14)20-23-19-11/h3,7,10H,1-2,4-6,8-9H2/t10-/m1/s1. The Bertz CT molecular complexity index is 862. The largest absolute Gasteiger partial charge is 0.352 e. The van der Waals surface area contributed by atoms with E-state index in [2.05, 4.69) is 25.1 Å². The van der Waals surface area contributed by atoms with Crippen molar-refractivity contribution in [3.8, 4) is 0 Å². The van der Waals surface area contributed by atoms with Crippen LogP contribution in [-0.4, -0.2) is 56.4 Å². The molecule has 0 N–H and O–H groups in total. The Morgan fingerprint density at radius 2 is 1.84 bits per heavy atom. The van der Waals surface area contributed by atoms with E-state index in [1.54, 1.807) is 11.3 Å². The summed E-state index contributed by atoms with van der Waals surface area (Å²) in [5, 5.41) is 11.0. The molecule has 3 aromatic heterocycles. The summed E-state index contributed by atoms with van der Waals surface area (Å²) in [6.45, 7) is 2.89. The molecule has 3 aromatic rings. The second kappa shape index (κ2) is 6.41. The van der Waals surface area contributed by atoms with Gasteiger partial charge in [-0.05, 0) is 23.2 Å². The maximum Gasteiger partial charge on any atom is 0.245 e. The number of rotatable bonds is 3. The molecule has 0 unspecified atom stereocenters. The number of aromatic nitrogens is 5. The second-order valence-corrected chi connectivity index (χ2v) is 8.25. The van der Waals surface area contributed by atoms with Crippen LogP contribution < -0.4 is 9.80 Å². The van der Waals surface area contributed by atoms with Crippen molar-refractivity contribution in [2.24, 2.45) is 0 Å². The van der Waals surface area contributed by atoms with Gasteiger partial charge in [-0.3, -0.25) is 0 Å². The van der Waals surface area contributed by atoms with Crippen LogP contribution in [0, 0.1) is 0 Å². The van der Waals surface area contributed by atoms with Crippen LogP contribution in [0.25, 0.3) is 11.3 Å². The predicted octanol–water partition coefficient (Wildman–Crippen LogP) is 2.36. The van der Waals surface area contributed by atoms with Crippen molar-refractivity contribution in [1.29, 1.82) is 0 Å². The molecule has 130 valence electrons. The lowest BCUT2D eigenvalue weighted by molar-refractivity contribution is 0.314. The number of fused-ring (bicyclic) bond motifs is 1. The van der Waals surface area contributed by atoms with Gasteiger partial charge in [-0.15, -0.1) is 11.3 Å². The molecule has 2 saturated heterocycles. The van der Waals surface area contributed by atoms with Gasteiger partial charge in [0.2, 0.25) is 11.3 Å². The van der Waals surface area contributed by atoms with E-state index in [0.29, 0.717) is 11.3 Å². The van der Waals surface area contributed by atoms with Gasteiger partial charge in [0, 0.05) is 42.7 Å². The zero-order valence-corrected chi connectivity index (χ0v) is 15.2. The molecular weight excluding hydrogens is 358 g/mol. The molecule has 2 aliphatic rings. The van der Waals surface area contributed by atoms with Crippen LogP contribution in [0.2, 0.25) is 0 Å². The first kappa shape index (κ1) is 15.3. The fraction of sp³-hybridized carbons (Fsp3) is 0.533. The summed E-state index contributed by atoms with van der Waals surface area (Å²) in [7, 11) is 0. The maximum absolute atomic E-state index is 4.85. The molecule has 0 bridgehead atoms. The molecule has 0 spiro atoms. The van der Waals surface area contributed by atoms with E-state index < -0.39 is 0 Å². The summed E-state index contributed by atoms with van der Waals surface area (Å²) in [5.41, 5.74) is 0.942. The van der Waals surface area contributed by atoms with Gasteiger partial charge in [-0.1, -0.05) is 0 Å². The van der Waals surface area contributed by atoms with Gasteiger partial charge >= 0.3 is 0 Å². The molecule has 1 atom stereocenters. The monoisotopic (exact) mass is 375 g/mol. The molecule has 0 amide bonds. The molecule has 25 heavy (non-hydrogen) atoms. The number of anilines is 2. The van der Waals surface area contributed by atoms with Crippen molar-refractivity contribution >= 4 is 46.0 Å². The minimum absolute atomic E-state index is 0.254. The Kier molecular flexibility index (Phi) is 3.93. The number of thioether (sulfide) groups is 1. The highest BCUT2D eigenvalue weighted by molar-refractivity contribution is 7.99. The summed E-state index contributed by atoms with van der Waals surface area (Å²) in [5.74, 6) is 3.98.